The van der Waals surface area contributed by atoms with E-state index >= 15 is 0 Å². The van der Waals surface area contributed by atoms with E-state index in [4.69, 9.17) is 0 Å². The zero-order valence-electron chi connectivity index (χ0n) is 10.3. The molecule has 1 heterocycles. The molecular weight excluding hydrogens is 233 g/mol. The van der Waals surface area contributed by atoms with Crippen molar-refractivity contribution in [3.05, 3.63) is 35.0 Å². The molecule has 0 amide bonds. The van der Waals surface area contributed by atoms with Crippen LogP contribution in [0.3, 0.4) is 0 Å². The number of hydrogen-bond donors (Lipinski definition) is 1. The van der Waals surface area contributed by atoms with Gasteiger partial charge in [-0.15, -0.1) is 11.3 Å². The number of benzene rings is 1. The number of fused-ring (bicyclic) bond motifs is 1. The van der Waals surface area contributed by atoms with Crippen LogP contribution >= 0.6 is 11.3 Å². The van der Waals surface area contributed by atoms with Gasteiger partial charge in [0.2, 0.25) is 0 Å². The van der Waals surface area contributed by atoms with Gasteiger partial charge in [-0.05, 0) is 43.1 Å². The Labute approximate surface area is 106 Å². The molecule has 92 valence electrons. The molecule has 1 aromatic carbocycles. The fraction of sp³-hybridized carbons (Fsp3) is 0.429. The highest BCUT2D eigenvalue weighted by Gasteiger charge is 2.12. The highest BCUT2D eigenvalue weighted by molar-refractivity contribution is 7.19. The van der Waals surface area contributed by atoms with Crippen LogP contribution in [-0.2, 0) is 0 Å². The first-order chi connectivity index (χ1) is 8.24. The largest absolute Gasteiger partial charge is 0.312 e. The third-order valence-corrected chi connectivity index (χ3v) is 4.27. The summed E-state index contributed by atoms with van der Waals surface area (Å²) in [7, 11) is 1.99. The Bertz CT molecular complexity index is 492. The van der Waals surface area contributed by atoms with Crippen LogP contribution in [0, 0.1) is 5.82 Å². The summed E-state index contributed by atoms with van der Waals surface area (Å²) < 4.78 is 14.3. The van der Waals surface area contributed by atoms with Crippen molar-refractivity contribution in [2.75, 3.05) is 7.05 Å². The van der Waals surface area contributed by atoms with Gasteiger partial charge >= 0.3 is 0 Å². The zero-order chi connectivity index (χ0) is 12.3. The molecule has 0 saturated heterocycles. The number of nitrogens with one attached hydrogen (secondary N) is 1. The Balaban J connectivity index is 2.27. The molecule has 1 atom stereocenters. The molecule has 1 unspecified atom stereocenters. The summed E-state index contributed by atoms with van der Waals surface area (Å²) in [5.41, 5.74) is 0. The summed E-state index contributed by atoms with van der Waals surface area (Å²) in [5.74, 6) is -0.156. The third-order valence-electron chi connectivity index (χ3n) is 3.04. The molecule has 1 N–H and O–H groups in total. The normalized spacial score (nSPS) is 13.1. The topological polar surface area (TPSA) is 12.0 Å². The molecule has 3 heteroatoms. The number of halogens is 1. The molecule has 0 aliphatic rings. The summed E-state index contributed by atoms with van der Waals surface area (Å²) >= 11 is 1.76. The highest BCUT2D eigenvalue weighted by Crippen LogP contribution is 2.32. The summed E-state index contributed by atoms with van der Waals surface area (Å²) in [6.45, 7) is 2.20. The van der Waals surface area contributed by atoms with Crippen molar-refractivity contribution in [2.45, 2.75) is 32.2 Å². The van der Waals surface area contributed by atoms with Crippen molar-refractivity contribution in [1.82, 2.24) is 5.32 Å². The van der Waals surface area contributed by atoms with E-state index in [1.54, 1.807) is 17.4 Å². The van der Waals surface area contributed by atoms with Crippen LogP contribution in [0.15, 0.2) is 24.3 Å². The number of thiophene rings is 1. The van der Waals surface area contributed by atoms with Gasteiger partial charge in [-0.3, -0.25) is 0 Å². The Morgan fingerprint density at radius 1 is 1.35 bits per heavy atom. The van der Waals surface area contributed by atoms with Gasteiger partial charge < -0.3 is 5.32 Å². The summed E-state index contributed by atoms with van der Waals surface area (Å²) in [5, 5.41) is 4.36. The van der Waals surface area contributed by atoms with E-state index in [0.717, 1.165) is 16.5 Å². The predicted molar refractivity (Wildman–Crippen MR) is 73.1 cm³/mol. The first-order valence-electron chi connectivity index (χ1n) is 6.11. The maximum Gasteiger partial charge on any atom is 0.123 e. The van der Waals surface area contributed by atoms with Crippen molar-refractivity contribution >= 4 is 21.4 Å². The first-order valence-corrected chi connectivity index (χ1v) is 6.92. The second-order valence-electron chi connectivity index (χ2n) is 4.31. The van der Waals surface area contributed by atoms with Gasteiger partial charge in [0.05, 0.1) is 0 Å². The molecule has 0 fully saturated rings. The van der Waals surface area contributed by atoms with Crippen LogP contribution in [-0.4, -0.2) is 7.05 Å². The number of rotatable bonds is 5. The van der Waals surface area contributed by atoms with Gasteiger partial charge in [0.15, 0.2) is 0 Å². The molecule has 0 spiro atoms. The fourth-order valence-electron chi connectivity index (χ4n) is 2.04. The van der Waals surface area contributed by atoms with Gasteiger partial charge in [-0.1, -0.05) is 19.8 Å². The lowest BCUT2D eigenvalue weighted by Gasteiger charge is -2.13. The Morgan fingerprint density at radius 3 is 2.88 bits per heavy atom. The maximum atomic E-state index is 13.1. The Morgan fingerprint density at radius 2 is 2.18 bits per heavy atom. The molecule has 17 heavy (non-hydrogen) atoms. The van der Waals surface area contributed by atoms with Gasteiger partial charge in [0.25, 0.3) is 0 Å². The smallest absolute Gasteiger partial charge is 0.123 e. The Kier molecular flexibility index (Phi) is 4.13. The van der Waals surface area contributed by atoms with E-state index in [1.165, 1.54) is 23.8 Å². The van der Waals surface area contributed by atoms with Gasteiger partial charge in [-0.2, -0.15) is 0 Å². The van der Waals surface area contributed by atoms with Crippen LogP contribution < -0.4 is 5.32 Å². The number of unbranched alkanes of at least 4 members (excludes halogenated alkanes) is 1. The molecule has 1 aromatic heterocycles. The summed E-state index contributed by atoms with van der Waals surface area (Å²) in [6.07, 6.45) is 3.56. The Hall–Kier alpha value is -0.930. The molecule has 2 rings (SSSR count). The van der Waals surface area contributed by atoms with E-state index in [0.29, 0.717) is 6.04 Å². The molecule has 0 bridgehead atoms. The third kappa shape index (κ3) is 2.85. The molecule has 1 nitrogen and oxygen atoms in total. The average molecular weight is 251 g/mol. The van der Waals surface area contributed by atoms with Gasteiger partial charge in [-0.25, -0.2) is 4.39 Å². The molecular formula is C14H18FNS. The second kappa shape index (κ2) is 5.61. The summed E-state index contributed by atoms with van der Waals surface area (Å²) in [6, 6.07) is 7.52. The maximum absolute atomic E-state index is 13.1. The molecule has 2 aromatic rings. The van der Waals surface area contributed by atoms with Crippen LogP contribution in [0.5, 0.6) is 0 Å². The van der Waals surface area contributed by atoms with Gasteiger partial charge in [0.1, 0.15) is 5.82 Å². The molecule has 0 radical (unpaired) electrons. The standard InChI is InChI=1S/C14H18FNS/c1-3-4-5-12(16-2)14-9-10-8-11(15)6-7-13(10)17-14/h6-9,12,16H,3-5H2,1-2H3. The van der Waals surface area contributed by atoms with Crippen molar-refractivity contribution in [2.24, 2.45) is 0 Å². The van der Waals surface area contributed by atoms with Crippen molar-refractivity contribution in [3.8, 4) is 0 Å². The van der Waals surface area contributed by atoms with Crippen molar-refractivity contribution in [1.29, 1.82) is 0 Å². The van der Waals surface area contributed by atoms with Crippen LogP contribution in [0.1, 0.15) is 37.1 Å². The minimum absolute atomic E-state index is 0.156. The van der Waals surface area contributed by atoms with Crippen LogP contribution in [0.2, 0.25) is 0 Å². The van der Waals surface area contributed by atoms with Crippen LogP contribution in [0.25, 0.3) is 10.1 Å². The van der Waals surface area contributed by atoms with Crippen molar-refractivity contribution in [3.63, 3.8) is 0 Å². The van der Waals surface area contributed by atoms with E-state index in [1.807, 2.05) is 13.1 Å². The molecule has 0 aliphatic heterocycles. The fourth-order valence-corrected chi connectivity index (χ4v) is 3.23. The molecule has 0 saturated carbocycles. The van der Waals surface area contributed by atoms with E-state index < -0.39 is 0 Å². The summed E-state index contributed by atoms with van der Waals surface area (Å²) in [4.78, 5) is 1.31. The van der Waals surface area contributed by atoms with E-state index in [2.05, 4.69) is 18.3 Å². The minimum atomic E-state index is -0.156. The monoisotopic (exact) mass is 251 g/mol. The average Bonchev–Trinajstić information content (AvgIpc) is 2.72. The highest BCUT2D eigenvalue weighted by atomic mass is 32.1. The van der Waals surface area contributed by atoms with E-state index in [9.17, 15) is 4.39 Å². The zero-order valence-corrected chi connectivity index (χ0v) is 11.1. The lowest BCUT2D eigenvalue weighted by atomic mass is 10.1. The predicted octanol–water partition coefficient (Wildman–Crippen LogP) is 4.49. The van der Waals surface area contributed by atoms with Crippen molar-refractivity contribution < 1.29 is 4.39 Å². The van der Waals surface area contributed by atoms with E-state index in [-0.39, 0.29) is 5.82 Å². The molecule has 0 aliphatic carbocycles. The quantitative estimate of drug-likeness (QED) is 0.825. The minimum Gasteiger partial charge on any atom is -0.312 e. The first kappa shape index (κ1) is 12.5. The van der Waals surface area contributed by atoms with Gasteiger partial charge in [0, 0.05) is 15.6 Å². The second-order valence-corrected chi connectivity index (χ2v) is 5.43. The lowest BCUT2D eigenvalue weighted by Crippen LogP contribution is -2.14. The number of hydrogen-bond acceptors (Lipinski definition) is 2. The lowest BCUT2D eigenvalue weighted by molar-refractivity contribution is 0.530. The van der Waals surface area contributed by atoms with Crippen LogP contribution in [0.4, 0.5) is 4.39 Å². The SMILES string of the molecule is CCCCC(NC)c1cc2cc(F)ccc2s1.